The Morgan fingerprint density at radius 1 is 1.35 bits per heavy atom. The minimum atomic E-state index is -0.746. The number of benzene rings is 1. The molecule has 2 heterocycles. The zero-order valence-corrected chi connectivity index (χ0v) is 12.6. The number of nitrogens with zero attached hydrogens (tertiary/aromatic N) is 4. The largest absolute Gasteiger partial charge is 0.381 e. The summed E-state index contributed by atoms with van der Waals surface area (Å²) >= 11 is 0. The average molecular weight is 318 g/mol. The van der Waals surface area contributed by atoms with Crippen LogP contribution in [-0.2, 0) is 4.74 Å². The molecule has 1 aromatic carbocycles. The van der Waals surface area contributed by atoms with E-state index in [1.807, 2.05) is 11.0 Å². The van der Waals surface area contributed by atoms with Crippen molar-refractivity contribution in [2.45, 2.75) is 6.42 Å². The van der Waals surface area contributed by atoms with Crippen molar-refractivity contribution in [1.82, 2.24) is 9.80 Å². The van der Waals surface area contributed by atoms with Crippen molar-refractivity contribution >= 4 is 11.9 Å². The van der Waals surface area contributed by atoms with E-state index < -0.39 is 5.03 Å². The molecule has 8 heteroatoms. The van der Waals surface area contributed by atoms with Crippen LogP contribution in [0.2, 0.25) is 0 Å². The minimum absolute atomic E-state index is 0.121. The Bertz CT molecular complexity index is 613. The van der Waals surface area contributed by atoms with Gasteiger partial charge in [0.25, 0.3) is 11.9 Å². The zero-order valence-electron chi connectivity index (χ0n) is 12.6. The number of ether oxygens (including phenoxy) is 1. The van der Waals surface area contributed by atoms with Crippen LogP contribution in [-0.4, -0.2) is 59.5 Å². The molecular formula is C15H18N4O4. The molecule has 1 amide bonds. The third-order valence-electron chi connectivity index (χ3n) is 4.06. The Morgan fingerprint density at radius 2 is 2.13 bits per heavy atom. The number of carbonyl (C=O) groups is 1. The van der Waals surface area contributed by atoms with E-state index in [0.29, 0.717) is 44.3 Å². The van der Waals surface area contributed by atoms with Gasteiger partial charge in [0.15, 0.2) is 5.03 Å². The van der Waals surface area contributed by atoms with Crippen LogP contribution in [0.4, 0.5) is 0 Å². The Balaban J connectivity index is 1.79. The first-order chi connectivity index (χ1) is 11.1. The lowest BCUT2D eigenvalue weighted by atomic mass is 10.1. The van der Waals surface area contributed by atoms with Crippen molar-refractivity contribution in [3.8, 4) is 0 Å². The molecule has 1 aromatic rings. The Morgan fingerprint density at radius 3 is 2.78 bits per heavy atom. The molecule has 23 heavy (non-hydrogen) atoms. The molecule has 0 N–H and O–H groups in total. The molecule has 0 aromatic heterocycles. The van der Waals surface area contributed by atoms with Crippen molar-refractivity contribution in [3.05, 3.63) is 46.0 Å². The van der Waals surface area contributed by atoms with E-state index in [-0.39, 0.29) is 11.9 Å². The van der Waals surface area contributed by atoms with Crippen LogP contribution in [0.25, 0.3) is 0 Å². The van der Waals surface area contributed by atoms with Gasteiger partial charge in [-0.05, 0) is 18.6 Å². The molecule has 2 aliphatic heterocycles. The maximum atomic E-state index is 12.6. The maximum Gasteiger partial charge on any atom is 0.281 e. The van der Waals surface area contributed by atoms with Gasteiger partial charge in [0, 0.05) is 37.7 Å². The lowest BCUT2D eigenvalue weighted by molar-refractivity contribution is -0.486. The number of nitro groups is 1. The van der Waals surface area contributed by atoms with E-state index in [9.17, 15) is 14.9 Å². The van der Waals surface area contributed by atoms with Gasteiger partial charge in [0.2, 0.25) is 0 Å². The molecule has 0 bridgehead atoms. The first-order valence-corrected chi connectivity index (χ1v) is 7.58. The molecular weight excluding hydrogens is 300 g/mol. The number of guanidine groups is 1. The molecule has 0 saturated carbocycles. The van der Waals surface area contributed by atoms with Crippen LogP contribution < -0.4 is 0 Å². The average Bonchev–Trinajstić information content (AvgIpc) is 3.18. The molecule has 2 aliphatic rings. The molecule has 122 valence electrons. The summed E-state index contributed by atoms with van der Waals surface area (Å²) in [4.78, 5) is 26.7. The topological polar surface area (TPSA) is 88.3 Å². The molecule has 1 atom stereocenters. The van der Waals surface area contributed by atoms with E-state index in [4.69, 9.17) is 4.74 Å². The van der Waals surface area contributed by atoms with Gasteiger partial charge in [-0.1, -0.05) is 18.2 Å². The van der Waals surface area contributed by atoms with Crippen LogP contribution in [0.3, 0.4) is 0 Å². The van der Waals surface area contributed by atoms with E-state index in [1.165, 1.54) is 4.90 Å². The first kappa shape index (κ1) is 15.4. The van der Waals surface area contributed by atoms with E-state index in [2.05, 4.69) is 5.10 Å². The number of carbonyl (C=O) groups excluding carboxylic acids is 1. The quantitative estimate of drug-likeness (QED) is 0.611. The molecule has 2 fully saturated rings. The number of hydrogen-bond acceptors (Lipinski definition) is 4. The number of rotatable bonds is 4. The summed E-state index contributed by atoms with van der Waals surface area (Å²) in [6.45, 7) is 2.92. The highest BCUT2D eigenvalue weighted by Crippen LogP contribution is 2.19. The highest BCUT2D eigenvalue weighted by molar-refractivity contribution is 6.06. The summed E-state index contributed by atoms with van der Waals surface area (Å²) in [5.41, 5.74) is 0.495. The number of amides is 1. The fourth-order valence-corrected chi connectivity index (χ4v) is 2.92. The molecule has 0 aliphatic carbocycles. The van der Waals surface area contributed by atoms with Gasteiger partial charge in [-0.15, -0.1) is 0 Å². The van der Waals surface area contributed by atoms with Gasteiger partial charge >= 0.3 is 0 Å². The fraction of sp³-hybridized carbons (Fsp3) is 0.467. The van der Waals surface area contributed by atoms with Crippen LogP contribution >= 0.6 is 0 Å². The van der Waals surface area contributed by atoms with Crippen molar-refractivity contribution in [2.24, 2.45) is 11.0 Å². The summed E-state index contributed by atoms with van der Waals surface area (Å²) < 4.78 is 5.35. The highest BCUT2D eigenvalue weighted by Gasteiger charge is 2.36. The van der Waals surface area contributed by atoms with Gasteiger partial charge in [0.1, 0.15) is 5.10 Å². The Hall–Kier alpha value is -2.48. The lowest BCUT2D eigenvalue weighted by Gasteiger charge is -2.21. The number of hydrogen-bond donors (Lipinski definition) is 0. The predicted molar refractivity (Wildman–Crippen MR) is 82.4 cm³/mol. The summed E-state index contributed by atoms with van der Waals surface area (Å²) in [5, 5.41) is 13.6. The molecule has 0 radical (unpaired) electrons. The van der Waals surface area contributed by atoms with E-state index >= 15 is 0 Å². The van der Waals surface area contributed by atoms with Gasteiger partial charge in [-0.25, -0.2) is 10.1 Å². The van der Waals surface area contributed by atoms with Crippen molar-refractivity contribution in [1.29, 1.82) is 0 Å². The van der Waals surface area contributed by atoms with Crippen LogP contribution in [0, 0.1) is 16.0 Å². The van der Waals surface area contributed by atoms with E-state index in [1.54, 1.807) is 24.3 Å². The SMILES string of the molecule is O=C(c1ccccc1)N1CCN(CC2CCOC2)C1=N[N+](=O)[O-]. The van der Waals surface area contributed by atoms with Crippen LogP contribution in [0.15, 0.2) is 35.4 Å². The van der Waals surface area contributed by atoms with Gasteiger partial charge < -0.3 is 9.64 Å². The molecule has 1 unspecified atom stereocenters. The molecule has 2 saturated heterocycles. The third kappa shape index (κ3) is 3.48. The summed E-state index contributed by atoms with van der Waals surface area (Å²) in [6.07, 6.45) is 0.925. The molecule has 8 nitrogen and oxygen atoms in total. The second-order valence-electron chi connectivity index (χ2n) is 5.64. The second kappa shape index (κ2) is 6.74. The van der Waals surface area contributed by atoms with Gasteiger partial charge in [-0.3, -0.25) is 9.69 Å². The van der Waals surface area contributed by atoms with Crippen molar-refractivity contribution in [3.63, 3.8) is 0 Å². The minimum Gasteiger partial charge on any atom is -0.381 e. The van der Waals surface area contributed by atoms with Crippen molar-refractivity contribution in [2.75, 3.05) is 32.8 Å². The smallest absolute Gasteiger partial charge is 0.281 e. The zero-order chi connectivity index (χ0) is 16.2. The number of hydrazone groups is 1. The molecule has 3 rings (SSSR count). The highest BCUT2D eigenvalue weighted by atomic mass is 16.7. The van der Waals surface area contributed by atoms with Crippen molar-refractivity contribution < 1.29 is 14.6 Å². The summed E-state index contributed by atoms with van der Waals surface area (Å²) in [6, 6.07) is 8.74. The predicted octanol–water partition coefficient (Wildman–Crippen LogP) is 1.03. The van der Waals surface area contributed by atoms with Crippen LogP contribution in [0.5, 0.6) is 0 Å². The monoisotopic (exact) mass is 318 g/mol. The normalized spacial score (nSPS) is 22.8. The Labute approximate surface area is 133 Å². The Kier molecular flexibility index (Phi) is 4.52. The fourth-order valence-electron chi connectivity index (χ4n) is 2.92. The summed E-state index contributed by atoms with van der Waals surface area (Å²) in [5.74, 6) is 0.172. The van der Waals surface area contributed by atoms with Gasteiger partial charge in [-0.2, -0.15) is 0 Å². The van der Waals surface area contributed by atoms with Gasteiger partial charge in [0.05, 0.1) is 6.61 Å². The first-order valence-electron chi connectivity index (χ1n) is 7.58. The summed E-state index contributed by atoms with van der Waals surface area (Å²) in [7, 11) is 0. The van der Waals surface area contributed by atoms with E-state index in [0.717, 1.165) is 6.42 Å². The standard InChI is InChI=1S/C15H18N4O4/c20-14(13-4-2-1-3-5-13)18-8-7-17(15(18)16-19(21)22)10-12-6-9-23-11-12/h1-5,12H,6-11H2. The maximum absolute atomic E-state index is 12.6. The second-order valence-corrected chi connectivity index (χ2v) is 5.64. The van der Waals surface area contributed by atoms with Crippen LogP contribution in [0.1, 0.15) is 16.8 Å². The molecule has 0 spiro atoms. The lowest BCUT2D eigenvalue weighted by Crippen LogP contribution is -2.40. The third-order valence-corrected chi connectivity index (χ3v) is 4.06.